The second-order valence-electron chi connectivity index (χ2n) is 7.46. The number of piperidine rings is 1. The lowest BCUT2D eigenvalue weighted by atomic mass is 9.95. The molecule has 1 atom stereocenters. The smallest absolute Gasteiger partial charge is 0.227 e. The molecular weight excluding hydrogens is 356 g/mol. The summed E-state index contributed by atoms with van der Waals surface area (Å²) in [5.41, 5.74) is 2.20. The number of hydrogen-bond donors (Lipinski definition) is 0. The second-order valence-corrected chi connectivity index (χ2v) is 7.46. The van der Waals surface area contributed by atoms with E-state index in [2.05, 4.69) is 16.1 Å². The molecule has 1 unspecified atom stereocenters. The zero-order valence-electron chi connectivity index (χ0n) is 16.4. The maximum absolute atomic E-state index is 12.9. The highest BCUT2D eigenvalue weighted by Gasteiger charge is 2.30. The number of nitrogens with zero attached hydrogens (tertiary/aromatic N) is 4. The number of carbonyl (C=O) groups is 1. The Morgan fingerprint density at radius 2 is 2.14 bits per heavy atom. The predicted molar refractivity (Wildman–Crippen MR) is 106 cm³/mol. The molecule has 0 spiro atoms. The first-order valence-corrected chi connectivity index (χ1v) is 10.0. The van der Waals surface area contributed by atoms with Crippen molar-refractivity contribution < 1.29 is 14.3 Å². The number of amides is 1. The maximum Gasteiger partial charge on any atom is 0.227 e. The summed E-state index contributed by atoms with van der Waals surface area (Å²) < 4.78 is 12.7. The van der Waals surface area contributed by atoms with Crippen LogP contribution in [0.5, 0.6) is 5.75 Å². The van der Waals surface area contributed by atoms with Crippen molar-refractivity contribution >= 4 is 5.91 Å². The fraction of sp³-hybridized carbons (Fsp3) is 0.524. The van der Waals surface area contributed by atoms with Crippen LogP contribution in [0.15, 0.2) is 36.7 Å². The number of likely N-dealkylation sites (tertiary alicyclic amines) is 1. The molecule has 28 heavy (non-hydrogen) atoms. The van der Waals surface area contributed by atoms with Gasteiger partial charge in [-0.25, -0.2) is 4.68 Å². The van der Waals surface area contributed by atoms with Crippen LogP contribution in [0.2, 0.25) is 0 Å². The van der Waals surface area contributed by atoms with E-state index >= 15 is 0 Å². The van der Waals surface area contributed by atoms with E-state index < -0.39 is 0 Å². The van der Waals surface area contributed by atoms with Gasteiger partial charge < -0.3 is 14.4 Å². The summed E-state index contributed by atoms with van der Waals surface area (Å²) in [4.78, 5) is 17.3. The van der Waals surface area contributed by atoms with Gasteiger partial charge in [0.1, 0.15) is 5.75 Å². The third kappa shape index (κ3) is 4.20. The van der Waals surface area contributed by atoms with Crippen molar-refractivity contribution in [3.05, 3.63) is 42.2 Å². The van der Waals surface area contributed by atoms with E-state index in [1.54, 1.807) is 13.3 Å². The number of hydrogen-bond acceptors (Lipinski definition) is 5. The van der Waals surface area contributed by atoms with E-state index in [4.69, 9.17) is 9.47 Å². The van der Waals surface area contributed by atoms with Gasteiger partial charge in [0, 0.05) is 38.6 Å². The van der Waals surface area contributed by atoms with Crippen LogP contribution in [0.25, 0.3) is 5.69 Å². The fourth-order valence-electron chi connectivity index (χ4n) is 4.13. The minimum Gasteiger partial charge on any atom is -0.497 e. The van der Waals surface area contributed by atoms with Crippen molar-refractivity contribution in [1.29, 1.82) is 0 Å². The first-order valence-electron chi connectivity index (χ1n) is 10.0. The van der Waals surface area contributed by atoms with Gasteiger partial charge in [-0.05, 0) is 49.2 Å². The molecule has 0 aliphatic carbocycles. The lowest BCUT2D eigenvalue weighted by molar-refractivity contribution is -0.141. The van der Waals surface area contributed by atoms with Gasteiger partial charge in [0.15, 0.2) is 0 Å². The van der Waals surface area contributed by atoms with Crippen LogP contribution in [0.4, 0.5) is 0 Å². The number of carbonyl (C=O) groups excluding carboxylic acids is 1. The predicted octanol–water partition coefficient (Wildman–Crippen LogP) is 1.95. The molecule has 1 aromatic heterocycles. The first kappa shape index (κ1) is 19.0. The Labute approximate surface area is 165 Å². The molecule has 4 rings (SSSR count). The maximum atomic E-state index is 12.9. The summed E-state index contributed by atoms with van der Waals surface area (Å²) in [7, 11) is 1.69. The largest absolute Gasteiger partial charge is 0.497 e. The Hall–Kier alpha value is -2.38. The molecule has 7 heteroatoms. The van der Waals surface area contributed by atoms with Crippen molar-refractivity contribution in [1.82, 2.24) is 19.6 Å². The van der Waals surface area contributed by atoms with E-state index in [-0.39, 0.29) is 11.8 Å². The van der Waals surface area contributed by atoms with Crippen LogP contribution in [0.3, 0.4) is 0 Å². The average Bonchev–Trinajstić information content (AvgIpc) is 3.28. The van der Waals surface area contributed by atoms with Crippen molar-refractivity contribution in [2.45, 2.75) is 19.4 Å². The fourth-order valence-corrected chi connectivity index (χ4v) is 4.13. The zero-order chi connectivity index (χ0) is 19.3. The molecule has 1 amide bonds. The Morgan fingerprint density at radius 3 is 2.89 bits per heavy atom. The van der Waals surface area contributed by atoms with Crippen LogP contribution in [-0.2, 0) is 16.1 Å². The van der Waals surface area contributed by atoms with Gasteiger partial charge in [0.05, 0.1) is 31.9 Å². The molecule has 0 saturated carbocycles. The minimum atomic E-state index is 0.0746. The van der Waals surface area contributed by atoms with E-state index in [1.165, 1.54) is 0 Å². The van der Waals surface area contributed by atoms with Gasteiger partial charge in [-0.2, -0.15) is 5.10 Å². The van der Waals surface area contributed by atoms with Gasteiger partial charge in [-0.15, -0.1) is 0 Å². The summed E-state index contributed by atoms with van der Waals surface area (Å²) in [6, 6.07) is 8.00. The van der Waals surface area contributed by atoms with Crippen molar-refractivity contribution in [2.75, 3.05) is 46.5 Å². The molecule has 3 heterocycles. The van der Waals surface area contributed by atoms with Gasteiger partial charge in [-0.1, -0.05) is 0 Å². The highest BCUT2D eigenvalue weighted by Crippen LogP contribution is 2.26. The highest BCUT2D eigenvalue weighted by molar-refractivity contribution is 5.79. The van der Waals surface area contributed by atoms with Crippen LogP contribution in [-0.4, -0.2) is 72.0 Å². The van der Waals surface area contributed by atoms with Crippen LogP contribution in [0, 0.1) is 5.92 Å². The number of rotatable bonds is 5. The molecule has 2 saturated heterocycles. The summed E-state index contributed by atoms with van der Waals surface area (Å²) in [6.45, 7) is 5.32. The third-order valence-electron chi connectivity index (χ3n) is 5.61. The molecular formula is C21H28N4O3. The van der Waals surface area contributed by atoms with Gasteiger partial charge in [-0.3, -0.25) is 9.69 Å². The normalized spacial score (nSPS) is 20.9. The Bertz CT molecular complexity index is 787. The van der Waals surface area contributed by atoms with E-state index in [0.717, 1.165) is 49.5 Å². The zero-order valence-corrected chi connectivity index (χ0v) is 16.4. The van der Waals surface area contributed by atoms with E-state index in [9.17, 15) is 4.79 Å². The number of benzene rings is 1. The molecule has 2 aliphatic heterocycles. The lowest BCUT2D eigenvalue weighted by Crippen LogP contribution is -2.48. The topological polar surface area (TPSA) is 59.8 Å². The molecule has 0 N–H and O–H groups in total. The minimum absolute atomic E-state index is 0.0746. The molecule has 2 aromatic rings. The number of ether oxygens (including phenoxy) is 2. The van der Waals surface area contributed by atoms with Gasteiger partial charge >= 0.3 is 0 Å². The molecule has 1 aromatic carbocycles. The van der Waals surface area contributed by atoms with Crippen LogP contribution in [0.1, 0.15) is 18.4 Å². The van der Waals surface area contributed by atoms with Gasteiger partial charge in [0.25, 0.3) is 0 Å². The Morgan fingerprint density at radius 1 is 1.29 bits per heavy atom. The lowest BCUT2D eigenvalue weighted by Gasteiger charge is -2.36. The van der Waals surface area contributed by atoms with E-state index in [1.807, 2.05) is 34.0 Å². The van der Waals surface area contributed by atoms with Crippen molar-refractivity contribution in [2.24, 2.45) is 5.92 Å². The first-order chi connectivity index (χ1) is 13.7. The molecule has 2 aliphatic rings. The molecule has 150 valence electrons. The highest BCUT2D eigenvalue weighted by atomic mass is 16.5. The molecule has 2 fully saturated rings. The number of aromatic nitrogens is 2. The average molecular weight is 384 g/mol. The second kappa shape index (κ2) is 8.75. The summed E-state index contributed by atoms with van der Waals surface area (Å²) in [6.07, 6.45) is 5.75. The summed E-state index contributed by atoms with van der Waals surface area (Å²) in [5, 5.41) is 4.38. The quantitative estimate of drug-likeness (QED) is 0.789. The molecule has 0 radical (unpaired) electrons. The summed E-state index contributed by atoms with van der Waals surface area (Å²) >= 11 is 0. The van der Waals surface area contributed by atoms with Gasteiger partial charge in [0.2, 0.25) is 5.91 Å². The van der Waals surface area contributed by atoms with Crippen molar-refractivity contribution in [3.8, 4) is 11.4 Å². The number of methoxy groups -OCH3 is 1. The van der Waals surface area contributed by atoms with Crippen LogP contribution < -0.4 is 4.74 Å². The molecule has 7 nitrogen and oxygen atoms in total. The number of morpholine rings is 1. The Kier molecular flexibility index (Phi) is 5.92. The Balaban J connectivity index is 1.48. The molecule has 0 bridgehead atoms. The van der Waals surface area contributed by atoms with E-state index in [0.29, 0.717) is 26.3 Å². The third-order valence-corrected chi connectivity index (χ3v) is 5.61. The van der Waals surface area contributed by atoms with Crippen molar-refractivity contribution in [3.63, 3.8) is 0 Å². The summed E-state index contributed by atoms with van der Waals surface area (Å²) in [5.74, 6) is 1.19. The standard InChI is InChI=1S/C21H28N4O3/c1-27-19-5-6-20(25-9-3-7-22-25)18(14-19)16-23-8-2-4-17(15-23)21(26)24-10-12-28-13-11-24/h3,5-7,9,14,17H,2,4,8,10-13,15-16H2,1H3. The van der Waals surface area contributed by atoms with Crippen LogP contribution >= 0.6 is 0 Å². The SMILES string of the molecule is COc1ccc(-n2cccn2)c(CN2CCCC(C(=O)N3CCOCC3)C2)c1. The monoisotopic (exact) mass is 384 g/mol.